The van der Waals surface area contributed by atoms with Crippen LogP contribution in [-0.4, -0.2) is 25.8 Å². The SMILES string of the molecule is CCOC1COc2c(N)c(OC)cc(N)c2S1. The highest BCUT2D eigenvalue weighted by molar-refractivity contribution is 8.00. The molecule has 0 aliphatic carbocycles. The Hall–Kier alpha value is -1.27. The first-order chi connectivity index (χ1) is 8.17. The van der Waals surface area contributed by atoms with Crippen molar-refractivity contribution in [2.75, 3.05) is 31.8 Å². The second-order valence-electron chi connectivity index (χ2n) is 3.55. The smallest absolute Gasteiger partial charge is 0.161 e. The summed E-state index contributed by atoms with van der Waals surface area (Å²) < 4.78 is 16.3. The lowest BCUT2D eigenvalue weighted by molar-refractivity contribution is 0.0807. The minimum absolute atomic E-state index is 0.0393. The van der Waals surface area contributed by atoms with Crippen LogP contribution in [-0.2, 0) is 4.74 Å². The van der Waals surface area contributed by atoms with E-state index in [-0.39, 0.29) is 5.44 Å². The van der Waals surface area contributed by atoms with Gasteiger partial charge in [0.05, 0.1) is 17.7 Å². The van der Waals surface area contributed by atoms with Gasteiger partial charge in [-0.3, -0.25) is 0 Å². The Bertz CT molecular complexity index is 426. The van der Waals surface area contributed by atoms with Crippen LogP contribution in [0.15, 0.2) is 11.0 Å². The molecule has 2 rings (SSSR count). The van der Waals surface area contributed by atoms with Crippen LogP contribution in [0.3, 0.4) is 0 Å². The van der Waals surface area contributed by atoms with Gasteiger partial charge in [-0.05, 0) is 6.92 Å². The molecule has 1 aliphatic heterocycles. The van der Waals surface area contributed by atoms with Gasteiger partial charge in [-0.15, -0.1) is 0 Å². The number of nitrogen functional groups attached to an aromatic ring is 2. The number of fused-ring (bicyclic) bond motifs is 1. The molecule has 1 heterocycles. The summed E-state index contributed by atoms with van der Waals surface area (Å²) in [7, 11) is 1.55. The number of thioether (sulfide) groups is 1. The number of nitrogens with two attached hydrogens (primary N) is 2. The van der Waals surface area contributed by atoms with Gasteiger partial charge in [-0.1, -0.05) is 11.8 Å². The van der Waals surface area contributed by atoms with Crippen LogP contribution >= 0.6 is 11.8 Å². The van der Waals surface area contributed by atoms with Crippen molar-refractivity contribution < 1.29 is 14.2 Å². The van der Waals surface area contributed by atoms with Gasteiger partial charge in [-0.2, -0.15) is 0 Å². The minimum Gasteiger partial charge on any atom is -0.494 e. The van der Waals surface area contributed by atoms with E-state index in [0.29, 0.717) is 36.1 Å². The Labute approximate surface area is 104 Å². The molecule has 5 nitrogen and oxygen atoms in total. The third kappa shape index (κ3) is 2.23. The lowest BCUT2D eigenvalue weighted by Gasteiger charge is -2.27. The molecule has 0 aromatic heterocycles. The first kappa shape index (κ1) is 12.2. The summed E-state index contributed by atoms with van der Waals surface area (Å²) in [5.74, 6) is 1.14. The van der Waals surface area contributed by atoms with E-state index in [9.17, 15) is 0 Å². The van der Waals surface area contributed by atoms with Crippen molar-refractivity contribution in [2.45, 2.75) is 17.3 Å². The lowest BCUT2D eigenvalue weighted by atomic mass is 10.2. The highest BCUT2D eigenvalue weighted by atomic mass is 32.2. The maximum Gasteiger partial charge on any atom is 0.161 e. The molecule has 0 amide bonds. The molecule has 0 fully saturated rings. The quantitative estimate of drug-likeness (QED) is 0.801. The largest absolute Gasteiger partial charge is 0.494 e. The molecular formula is C11H16N2O3S. The Morgan fingerprint density at radius 3 is 2.94 bits per heavy atom. The first-order valence-electron chi connectivity index (χ1n) is 5.34. The van der Waals surface area contributed by atoms with E-state index in [1.165, 1.54) is 11.8 Å². The van der Waals surface area contributed by atoms with Gasteiger partial charge in [0.2, 0.25) is 0 Å². The fourth-order valence-corrected chi connectivity index (χ4v) is 2.74. The van der Waals surface area contributed by atoms with Crippen molar-refractivity contribution in [1.29, 1.82) is 0 Å². The average Bonchev–Trinajstić information content (AvgIpc) is 2.34. The van der Waals surface area contributed by atoms with Gasteiger partial charge >= 0.3 is 0 Å². The van der Waals surface area contributed by atoms with Crippen molar-refractivity contribution in [3.05, 3.63) is 6.07 Å². The van der Waals surface area contributed by atoms with Crippen LogP contribution in [0.4, 0.5) is 11.4 Å². The summed E-state index contributed by atoms with van der Waals surface area (Å²) in [6.45, 7) is 3.05. The Morgan fingerprint density at radius 2 is 2.29 bits per heavy atom. The van der Waals surface area contributed by atoms with Gasteiger partial charge in [0.15, 0.2) is 5.75 Å². The summed E-state index contributed by atoms with van der Waals surface area (Å²) in [4.78, 5) is 0.827. The highest BCUT2D eigenvalue weighted by Crippen LogP contribution is 2.48. The molecule has 4 N–H and O–H groups in total. The summed E-state index contributed by atoms with van der Waals surface area (Å²) in [5.41, 5.74) is 12.9. The van der Waals surface area contributed by atoms with E-state index in [1.807, 2.05) is 6.92 Å². The number of benzene rings is 1. The molecule has 0 radical (unpaired) electrons. The van der Waals surface area contributed by atoms with E-state index in [0.717, 1.165) is 4.90 Å². The normalized spacial score (nSPS) is 18.4. The Kier molecular flexibility index (Phi) is 3.54. The molecule has 1 unspecified atom stereocenters. The molecule has 17 heavy (non-hydrogen) atoms. The monoisotopic (exact) mass is 256 g/mol. The van der Waals surface area contributed by atoms with Crippen molar-refractivity contribution in [2.24, 2.45) is 0 Å². The summed E-state index contributed by atoms with van der Waals surface area (Å²) >= 11 is 1.53. The molecule has 6 heteroatoms. The van der Waals surface area contributed by atoms with E-state index in [2.05, 4.69) is 0 Å². The summed E-state index contributed by atoms with van der Waals surface area (Å²) in [6.07, 6.45) is 0. The number of methoxy groups -OCH3 is 1. The molecule has 1 aromatic carbocycles. The standard InChI is InChI=1S/C11H16N2O3S/c1-3-15-8-5-16-10-9(13)7(14-2)4-6(12)11(10)17-8/h4,8H,3,5,12-13H2,1-2H3. The third-order valence-electron chi connectivity index (χ3n) is 2.45. The fourth-order valence-electron chi connectivity index (χ4n) is 1.67. The van der Waals surface area contributed by atoms with Crippen LogP contribution < -0.4 is 20.9 Å². The zero-order chi connectivity index (χ0) is 12.4. The maximum absolute atomic E-state index is 5.95. The van der Waals surface area contributed by atoms with E-state index < -0.39 is 0 Å². The molecular weight excluding hydrogens is 240 g/mol. The predicted octanol–water partition coefficient (Wildman–Crippen LogP) is 1.71. The van der Waals surface area contributed by atoms with E-state index in [4.69, 9.17) is 25.7 Å². The number of hydrogen-bond acceptors (Lipinski definition) is 6. The third-order valence-corrected chi connectivity index (χ3v) is 3.64. The molecule has 94 valence electrons. The maximum atomic E-state index is 5.95. The van der Waals surface area contributed by atoms with E-state index >= 15 is 0 Å². The number of ether oxygens (including phenoxy) is 3. The van der Waals surface area contributed by atoms with Crippen LogP contribution in [0, 0.1) is 0 Å². The van der Waals surface area contributed by atoms with Crippen molar-refractivity contribution >= 4 is 23.1 Å². The molecule has 0 saturated carbocycles. The Morgan fingerprint density at radius 1 is 1.53 bits per heavy atom. The van der Waals surface area contributed by atoms with Crippen LogP contribution in [0.2, 0.25) is 0 Å². The van der Waals surface area contributed by atoms with Gasteiger partial charge in [0.1, 0.15) is 23.5 Å². The molecule has 0 bridgehead atoms. The second-order valence-corrected chi connectivity index (χ2v) is 4.72. The molecule has 1 aromatic rings. The number of anilines is 2. The first-order valence-corrected chi connectivity index (χ1v) is 6.22. The molecule has 0 spiro atoms. The van der Waals surface area contributed by atoms with E-state index in [1.54, 1.807) is 13.2 Å². The van der Waals surface area contributed by atoms with Gasteiger partial charge in [0, 0.05) is 12.7 Å². The predicted molar refractivity (Wildman–Crippen MR) is 68.6 cm³/mol. The Balaban J connectivity index is 2.36. The van der Waals surface area contributed by atoms with Crippen molar-refractivity contribution in [3.8, 4) is 11.5 Å². The van der Waals surface area contributed by atoms with Gasteiger partial charge in [-0.25, -0.2) is 0 Å². The molecule has 1 aliphatic rings. The summed E-state index contributed by atoms with van der Waals surface area (Å²) in [5, 5.41) is 0. The average molecular weight is 256 g/mol. The zero-order valence-corrected chi connectivity index (χ0v) is 10.7. The van der Waals surface area contributed by atoms with Crippen molar-refractivity contribution in [3.63, 3.8) is 0 Å². The summed E-state index contributed by atoms with van der Waals surface area (Å²) in [6, 6.07) is 1.71. The fraction of sp³-hybridized carbons (Fsp3) is 0.455. The molecule has 1 atom stereocenters. The zero-order valence-electron chi connectivity index (χ0n) is 9.86. The van der Waals surface area contributed by atoms with Crippen LogP contribution in [0.1, 0.15) is 6.92 Å². The topological polar surface area (TPSA) is 79.7 Å². The number of hydrogen-bond donors (Lipinski definition) is 2. The molecule has 0 saturated heterocycles. The number of rotatable bonds is 3. The van der Waals surface area contributed by atoms with Gasteiger partial charge < -0.3 is 25.7 Å². The van der Waals surface area contributed by atoms with Crippen LogP contribution in [0.25, 0.3) is 0 Å². The highest BCUT2D eigenvalue weighted by Gasteiger charge is 2.26. The van der Waals surface area contributed by atoms with Crippen molar-refractivity contribution in [1.82, 2.24) is 0 Å². The second kappa shape index (κ2) is 4.93. The lowest BCUT2D eigenvalue weighted by Crippen LogP contribution is -2.23. The van der Waals surface area contributed by atoms with Gasteiger partial charge in [0.25, 0.3) is 0 Å². The minimum atomic E-state index is -0.0393. The van der Waals surface area contributed by atoms with Crippen LogP contribution in [0.5, 0.6) is 11.5 Å².